The zero-order chi connectivity index (χ0) is 41.7. The van der Waals surface area contributed by atoms with Gasteiger partial charge in [0.2, 0.25) is 0 Å². The number of thiophene rings is 1. The summed E-state index contributed by atoms with van der Waals surface area (Å²) in [5.74, 6) is 0. The van der Waals surface area contributed by atoms with E-state index in [2.05, 4.69) is 229 Å². The van der Waals surface area contributed by atoms with E-state index in [0.717, 1.165) is 55.7 Å². The molecule has 10 aromatic carbocycles. The molecule has 0 N–H and O–H groups in total. The molecule has 2 aromatic heterocycles. The molecule has 0 spiro atoms. The van der Waals surface area contributed by atoms with Gasteiger partial charge in [-0.3, -0.25) is 0 Å². The minimum Gasteiger partial charge on any atom is -0.455 e. The van der Waals surface area contributed by atoms with Crippen LogP contribution >= 0.6 is 11.3 Å². The topological polar surface area (TPSA) is 16.4 Å². The van der Waals surface area contributed by atoms with Gasteiger partial charge in [0, 0.05) is 53.4 Å². The van der Waals surface area contributed by atoms with Gasteiger partial charge in [-0.15, -0.1) is 11.3 Å². The molecule has 12 rings (SSSR count). The largest absolute Gasteiger partial charge is 0.455 e. The number of furan rings is 1. The van der Waals surface area contributed by atoms with Gasteiger partial charge < -0.3 is 9.32 Å². The molecule has 0 aliphatic carbocycles. The maximum Gasteiger partial charge on any atom is 0.143 e. The van der Waals surface area contributed by atoms with Crippen molar-refractivity contribution >= 4 is 70.5 Å². The quantitative estimate of drug-likeness (QED) is 0.152. The molecule has 0 atom stereocenters. The molecule has 2 nitrogen and oxygen atoms in total. The fourth-order valence-electron chi connectivity index (χ4n) is 9.34. The average Bonchev–Trinajstić information content (AvgIpc) is 3.93. The molecular weight excluding hydrogens is 783 g/mol. The van der Waals surface area contributed by atoms with E-state index < -0.39 is 0 Å². The highest BCUT2D eigenvalue weighted by Gasteiger charge is 2.21. The summed E-state index contributed by atoms with van der Waals surface area (Å²) in [4.78, 5) is 2.40. The summed E-state index contributed by atoms with van der Waals surface area (Å²) in [6.07, 6.45) is 0. The molecule has 0 amide bonds. The molecule has 0 saturated heterocycles. The van der Waals surface area contributed by atoms with Crippen LogP contribution in [0.2, 0.25) is 0 Å². The maximum atomic E-state index is 6.48. The average molecular weight is 822 g/mol. The number of hydrogen-bond donors (Lipinski definition) is 0. The Balaban J connectivity index is 1.00. The van der Waals surface area contributed by atoms with Crippen molar-refractivity contribution in [3.8, 4) is 55.6 Å². The smallest absolute Gasteiger partial charge is 0.143 e. The first-order valence-electron chi connectivity index (χ1n) is 21.4. The second-order valence-electron chi connectivity index (χ2n) is 16.0. The van der Waals surface area contributed by atoms with Crippen LogP contribution in [0.15, 0.2) is 241 Å². The summed E-state index contributed by atoms with van der Waals surface area (Å²) >= 11 is 1.85. The van der Waals surface area contributed by atoms with E-state index in [4.69, 9.17) is 4.42 Å². The first-order chi connectivity index (χ1) is 31.2. The highest BCUT2D eigenvalue weighted by atomic mass is 32.1. The molecule has 0 radical (unpaired) electrons. The van der Waals surface area contributed by atoms with E-state index >= 15 is 0 Å². The number of anilines is 3. The number of rotatable bonds is 8. The Morgan fingerprint density at radius 2 is 0.810 bits per heavy atom. The van der Waals surface area contributed by atoms with Crippen LogP contribution < -0.4 is 4.90 Å². The highest BCUT2D eigenvalue weighted by Crippen LogP contribution is 2.46. The van der Waals surface area contributed by atoms with E-state index in [-0.39, 0.29) is 0 Å². The summed E-state index contributed by atoms with van der Waals surface area (Å²) in [6, 6.07) is 85.4. The number of hydrogen-bond acceptors (Lipinski definition) is 3. The molecular formula is C60H39NOS. The minimum absolute atomic E-state index is 0.901. The minimum atomic E-state index is 0.901. The predicted octanol–water partition coefficient (Wildman–Crippen LogP) is 17.8. The Labute approximate surface area is 370 Å². The van der Waals surface area contributed by atoms with Gasteiger partial charge in [-0.25, -0.2) is 0 Å². The van der Waals surface area contributed by atoms with Crippen LogP contribution in [-0.2, 0) is 0 Å². The number of para-hydroxylation sites is 3. The first-order valence-corrected chi connectivity index (χ1v) is 22.2. The van der Waals surface area contributed by atoms with Gasteiger partial charge in [-0.2, -0.15) is 0 Å². The fraction of sp³-hybridized carbons (Fsp3) is 0. The van der Waals surface area contributed by atoms with Gasteiger partial charge in [0.05, 0.1) is 5.69 Å². The Morgan fingerprint density at radius 3 is 1.57 bits per heavy atom. The van der Waals surface area contributed by atoms with Crippen LogP contribution in [0.1, 0.15) is 0 Å². The lowest BCUT2D eigenvalue weighted by molar-refractivity contribution is 0.670. The second kappa shape index (κ2) is 15.5. The Kier molecular flexibility index (Phi) is 9.06. The molecule has 3 heteroatoms. The van der Waals surface area contributed by atoms with Gasteiger partial charge in [-0.1, -0.05) is 182 Å². The molecule has 0 aliphatic heterocycles. The molecule has 296 valence electrons. The van der Waals surface area contributed by atoms with Crippen molar-refractivity contribution in [2.45, 2.75) is 0 Å². The van der Waals surface area contributed by atoms with Crippen molar-refractivity contribution in [3.63, 3.8) is 0 Å². The summed E-state index contributed by atoms with van der Waals surface area (Å²) in [5.41, 5.74) is 16.7. The third kappa shape index (κ3) is 6.50. The maximum absolute atomic E-state index is 6.48. The lowest BCUT2D eigenvalue weighted by Gasteiger charge is -2.29. The molecule has 0 saturated carbocycles. The molecule has 0 bridgehead atoms. The van der Waals surface area contributed by atoms with Crippen LogP contribution in [0.4, 0.5) is 17.1 Å². The number of fused-ring (bicyclic) bond motifs is 6. The van der Waals surface area contributed by atoms with Gasteiger partial charge in [0.15, 0.2) is 0 Å². The summed E-state index contributed by atoms with van der Waals surface area (Å²) < 4.78 is 9.11. The molecule has 0 aliphatic rings. The van der Waals surface area contributed by atoms with Crippen molar-refractivity contribution in [3.05, 3.63) is 237 Å². The van der Waals surface area contributed by atoms with Crippen LogP contribution in [0.5, 0.6) is 0 Å². The van der Waals surface area contributed by atoms with Gasteiger partial charge in [0.25, 0.3) is 0 Å². The van der Waals surface area contributed by atoms with E-state index in [1.54, 1.807) is 0 Å². The van der Waals surface area contributed by atoms with Crippen molar-refractivity contribution in [1.82, 2.24) is 0 Å². The molecule has 0 unspecified atom stereocenters. The Hall–Kier alpha value is -7.98. The number of nitrogens with zero attached hydrogens (tertiary/aromatic N) is 1. The van der Waals surface area contributed by atoms with Gasteiger partial charge in [0.1, 0.15) is 11.2 Å². The molecule has 12 aromatic rings. The van der Waals surface area contributed by atoms with Crippen LogP contribution in [-0.4, -0.2) is 0 Å². The van der Waals surface area contributed by atoms with E-state index in [1.165, 1.54) is 59.1 Å². The lowest BCUT2D eigenvalue weighted by Crippen LogP contribution is -2.11. The third-order valence-electron chi connectivity index (χ3n) is 12.3. The lowest BCUT2D eigenvalue weighted by atomic mass is 9.88. The normalized spacial score (nSPS) is 11.5. The van der Waals surface area contributed by atoms with E-state index in [0.29, 0.717) is 0 Å². The second-order valence-corrected chi connectivity index (χ2v) is 17.1. The van der Waals surface area contributed by atoms with Crippen molar-refractivity contribution in [2.24, 2.45) is 0 Å². The Bertz CT molecular complexity index is 3620. The van der Waals surface area contributed by atoms with Gasteiger partial charge >= 0.3 is 0 Å². The van der Waals surface area contributed by atoms with E-state index in [9.17, 15) is 0 Å². The van der Waals surface area contributed by atoms with Crippen molar-refractivity contribution < 1.29 is 4.42 Å². The van der Waals surface area contributed by atoms with Crippen LogP contribution in [0.25, 0.3) is 97.7 Å². The van der Waals surface area contributed by atoms with Crippen LogP contribution in [0.3, 0.4) is 0 Å². The van der Waals surface area contributed by atoms with Crippen LogP contribution in [0, 0.1) is 0 Å². The standard InChI is InChI=1S/C60H39NOS/c1-2-15-41(16-3-1)46-17-4-5-18-48(46)49-19-6-7-20-50(49)51-21-8-11-26-56(51)61(44-34-29-40(30-35-44)43-33-38-59-55(39-43)53-23-10-13-28-58(53)63-59)45-36-31-42(32-37-45)47-24-14-25-54-52-22-9-12-27-57(52)62-60(47)54/h1-39H. The van der Waals surface area contributed by atoms with E-state index in [1.807, 2.05) is 23.5 Å². The zero-order valence-electron chi connectivity index (χ0n) is 34.3. The third-order valence-corrected chi connectivity index (χ3v) is 13.5. The summed E-state index contributed by atoms with van der Waals surface area (Å²) in [5, 5.41) is 4.87. The fourth-order valence-corrected chi connectivity index (χ4v) is 10.4. The SMILES string of the molecule is c1ccc(-c2ccccc2-c2ccccc2-c2ccccc2N(c2ccc(-c3ccc4sc5ccccc5c4c3)cc2)c2ccc(-c3cccc4c3oc3ccccc34)cc2)cc1. The number of benzene rings is 10. The molecule has 63 heavy (non-hydrogen) atoms. The summed E-state index contributed by atoms with van der Waals surface area (Å²) in [6.45, 7) is 0. The predicted molar refractivity (Wildman–Crippen MR) is 268 cm³/mol. The molecule has 2 heterocycles. The van der Waals surface area contributed by atoms with Crippen molar-refractivity contribution in [2.75, 3.05) is 4.90 Å². The highest BCUT2D eigenvalue weighted by molar-refractivity contribution is 7.25. The first kappa shape index (κ1) is 36.8. The van der Waals surface area contributed by atoms with Crippen molar-refractivity contribution in [1.29, 1.82) is 0 Å². The van der Waals surface area contributed by atoms with Gasteiger partial charge in [-0.05, 0) is 99.1 Å². The monoisotopic (exact) mass is 821 g/mol. The molecule has 0 fully saturated rings. The zero-order valence-corrected chi connectivity index (χ0v) is 35.1. The summed E-state index contributed by atoms with van der Waals surface area (Å²) in [7, 11) is 0. The Morgan fingerprint density at radius 1 is 0.302 bits per heavy atom.